The zero-order valence-electron chi connectivity index (χ0n) is 13.8. The highest BCUT2D eigenvalue weighted by molar-refractivity contribution is 5.76. The van der Waals surface area contributed by atoms with Gasteiger partial charge in [-0.1, -0.05) is 43.2 Å². The zero-order valence-corrected chi connectivity index (χ0v) is 13.8. The molecule has 1 N–H and O–H groups in total. The van der Waals surface area contributed by atoms with Crippen molar-refractivity contribution in [1.29, 1.82) is 0 Å². The lowest BCUT2D eigenvalue weighted by Crippen LogP contribution is -2.25. The number of hydrogen-bond acceptors (Lipinski definition) is 2. The Morgan fingerprint density at radius 2 is 1.86 bits per heavy atom. The van der Waals surface area contributed by atoms with Gasteiger partial charge in [0, 0.05) is 13.0 Å². The quantitative estimate of drug-likeness (QED) is 0.671. The first-order valence-electron chi connectivity index (χ1n) is 8.12. The third-order valence-electron chi connectivity index (χ3n) is 3.84. The number of hydrogen-bond donors (Lipinski definition) is 1. The average Bonchev–Trinajstić information content (AvgIpc) is 2.49. The van der Waals surface area contributed by atoms with E-state index < -0.39 is 0 Å². The second kappa shape index (κ2) is 10.4. The fourth-order valence-corrected chi connectivity index (χ4v) is 2.17. The van der Waals surface area contributed by atoms with E-state index in [9.17, 15) is 4.79 Å². The Morgan fingerprint density at radius 1 is 1.14 bits per heavy atom. The van der Waals surface area contributed by atoms with Crippen LogP contribution < -0.4 is 5.32 Å². The Balaban J connectivity index is 2.02. The van der Waals surface area contributed by atoms with Gasteiger partial charge in [0.2, 0.25) is 5.91 Å². The van der Waals surface area contributed by atoms with Crippen LogP contribution in [0.3, 0.4) is 0 Å². The molecule has 3 heteroatoms. The molecule has 118 valence electrons. The van der Waals surface area contributed by atoms with Crippen LogP contribution in [-0.2, 0) is 11.2 Å². The van der Waals surface area contributed by atoms with Crippen molar-refractivity contribution in [2.24, 2.45) is 0 Å². The van der Waals surface area contributed by atoms with E-state index in [1.165, 1.54) is 24.0 Å². The SMILES string of the molecule is CCN(C)CCCCCNC(=O)CCc1ccc(C)cc1. The number of unbranched alkanes of at least 4 members (excludes halogenated alkanes) is 2. The smallest absolute Gasteiger partial charge is 0.220 e. The largest absolute Gasteiger partial charge is 0.356 e. The van der Waals surface area contributed by atoms with Crippen molar-refractivity contribution in [3.8, 4) is 0 Å². The highest BCUT2D eigenvalue weighted by atomic mass is 16.1. The molecule has 1 aromatic rings. The van der Waals surface area contributed by atoms with Gasteiger partial charge in [0.15, 0.2) is 0 Å². The van der Waals surface area contributed by atoms with Crippen molar-refractivity contribution in [1.82, 2.24) is 10.2 Å². The van der Waals surface area contributed by atoms with Crippen LogP contribution in [0.1, 0.15) is 43.7 Å². The van der Waals surface area contributed by atoms with Crippen LogP contribution in [0.2, 0.25) is 0 Å². The van der Waals surface area contributed by atoms with E-state index in [0.29, 0.717) is 6.42 Å². The minimum atomic E-state index is 0.168. The van der Waals surface area contributed by atoms with E-state index in [2.05, 4.69) is 55.4 Å². The molecule has 0 radical (unpaired) electrons. The van der Waals surface area contributed by atoms with Crippen LogP contribution in [0.15, 0.2) is 24.3 Å². The molecule has 0 saturated carbocycles. The topological polar surface area (TPSA) is 32.3 Å². The summed E-state index contributed by atoms with van der Waals surface area (Å²) in [6.07, 6.45) is 4.88. The molecule has 1 rings (SSSR count). The average molecular weight is 290 g/mol. The predicted molar refractivity (Wildman–Crippen MR) is 89.5 cm³/mol. The van der Waals surface area contributed by atoms with Crippen LogP contribution in [0, 0.1) is 6.92 Å². The molecule has 3 nitrogen and oxygen atoms in total. The molecule has 0 aromatic heterocycles. The standard InChI is InChI=1S/C18H30N2O/c1-4-20(3)15-7-5-6-14-19-18(21)13-12-17-10-8-16(2)9-11-17/h8-11H,4-7,12-15H2,1-3H3,(H,19,21). The van der Waals surface area contributed by atoms with E-state index in [0.717, 1.165) is 32.5 Å². The summed E-state index contributed by atoms with van der Waals surface area (Å²) in [6, 6.07) is 8.40. The van der Waals surface area contributed by atoms with Crippen LogP contribution in [-0.4, -0.2) is 37.5 Å². The molecule has 21 heavy (non-hydrogen) atoms. The summed E-state index contributed by atoms with van der Waals surface area (Å²) < 4.78 is 0. The lowest BCUT2D eigenvalue weighted by atomic mass is 10.1. The highest BCUT2D eigenvalue weighted by Crippen LogP contribution is 2.05. The number of carbonyl (C=O) groups excluding carboxylic acids is 1. The van der Waals surface area contributed by atoms with Gasteiger partial charge in [0.25, 0.3) is 0 Å². The number of nitrogens with zero attached hydrogens (tertiary/aromatic N) is 1. The lowest BCUT2D eigenvalue weighted by Gasteiger charge is -2.13. The molecule has 0 aliphatic carbocycles. The fraction of sp³-hybridized carbons (Fsp3) is 0.611. The van der Waals surface area contributed by atoms with Crippen molar-refractivity contribution in [3.63, 3.8) is 0 Å². The molecule has 0 aliphatic heterocycles. The van der Waals surface area contributed by atoms with E-state index in [1.807, 2.05) is 0 Å². The molecule has 0 fully saturated rings. The molecule has 0 unspecified atom stereocenters. The van der Waals surface area contributed by atoms with Crippen molar-refractivity contribution in [2.75, 3.05) is 26.7 Å². The Labute approximate surface area is 129 Å². The Kier molecular flexibility index (Phi) is 8.76. The third-order valence-corrected chi connectivity index (χ3v) is 3.84. The van der Waals surface area contributed by atoms with Crippen molar-refractivity contribution in [2.45, 2.75) is 46.0 Å². The summed E-state index contributed by atoms with van der Waals surface area (Å²) >= 11 is 0. The maximum atomic E-state index is 11.8. The summed E-state index contributed by atoms with van der Waals surface area (Å²) in [4.78, 5) is 14.1. The molecule has 0 atom stereocenters. The number of rotatable bonds is 10. The van der Waals surface area contributed by atoms with Crippen LogP contribution in [0.4, 0.5) is 0 Å². The Morgan fingerprint density at radius 3 is 2.52 bits per heavy atom. The summed E-state index contributed by atoms with van der Waals surface area (Å²) in [5.41, 5.74) is 2.50. The lowest BCUT2D eigenvalue weighted by molar-refractivity contribution is -0.121. The molecule has 0 heterocycles. The molecule has 0 bridgehead atoms. The van der Waals surface area contributed by atoms with E-state index in [-0.39, 0.29) is 5.91 Å². The van der Waals surface area contributed by atoms with Crippen molar-refractivity contribution >= 4 is 5.91 Å². The molecule has 1 aromatic carbocycles. The third kappa shape index (κ3) is 8.51. The van der Waals surface area contributed by atoms with Crippen LogP contribution >= 0.6 is 0 Å². The number of carbonyl (C=O) groups is 1. The molecule has 1 amide bonds. The highest BCUT2D eigenvalue weighted by Gasteiger charge is 2.02. The second-order valence-electron chi connectivity index (χ2n) is 5.79. The fourth-order valence-electron chi connectivity index (χ4n) is 2.17. The van der Waals surface area contributed by atoms with E-state index in [1.54, 1.807) is 0 Å². The van der Waals surface area contributed by atoms with Gasteiger partial charge in [-0.05, 0) is 51.9 Å². The van der Waals surface area contributed by atoms with Gasteiger partial charge in [-0.25, -0.2) is 0 Å². The first kappa shape index (κ1) is 17.7. The van der Waals surface area contributed by atoms with Gasteiger partial charge in [-0.15, -0.1) is 0 Å². The summed E-state index contributed by atoms with van der Waals surface area (Å²) in [5, 5.41) is 3.01. The maximum absolute atomic E-state index is 11.8. The summed E-state index contributed by atoms with van der Waals surface area (Å²) in [6.45, 7) is 7.32. The molecule has 0 saturated heterocycles. The van der Waals surface area contributed by atoms with Crippen molar-refractivity contribution < 1.29 is 4.79 Å². The molecular formula is C18H30N2O. The zero-order chi connectivity index (χ0) is 15.5. The monoisotopic (exact) mass is 290 g/mol. The first-order valence-corrected chi connectivity index (χ1v) is 8.12. The predicted octanol–water partition coefficient (Wildman–Crippen LogP) is 3.17. The molecule has 0 spiro atoms. The number of amides is 1. The summed E-state index contributed by atoms with van der Waals surface area (Å²) in [7, 11) is 2.15. The molecule has 0 aliphatic rings. The molecular weight excluding hydrogens is 260 g/mol. The van der Waals surface area contributed by atoms with Crippen molar-refractivity contribution in [3.05, 3.63) is 35.4 Å². The number of aryl methyl sites for hydroxylation is 2. The first-order chi connectivity index (χ1) is 10.1. The number of nitrogens with one attached hydrogen (secondary N) is 1. The van der Waals surface area contributed by atoms with E-state index in [4.69, 9.17) is 0 Å². The van der Waals surface area contributed by atoms with Crippen LogP contribution in [0.5, 0.6) is 0 Å². The Hall–Kier alpha value is -1.35. The van der Waals surface area contributed by atoms with Crippen LogP contribution in [0.25, 0.3) is 0 Å². The Bertz CT molecular complexity index is 400. The maximum Gasteiger partial charge on any atom is 0.220 e. The van der Waals surface area contributed by atoms with Gasteiger partial charge in [-0.3, -0.25) is 4.79 Å². The minimum Gasteiger partial charge on any atom is -0.356 e. The minimum absolute atomic E-state index is 0.168. The number of benzene rings is 1. The normalized spacial score (nSPS) is 10.9. The van der Waals surface area contributed by atoms with Gasteiger partial charge in [0.05, 0.1) is 0 Å². The van der Waals surface area contributed by atoms with E-state index >= 15 is 0 Å². The van der Waals surface area contributed by atoms with Gasteiger partial charge in [-0.2, -0.15) is 0 Å². The second-order valence-corrected chi connectivity index (χ2v) is 5.79. The van der Waals surface area contributed by atoms with Gasteiger partial charge >= 0.3 is 0 Å². The van der Waals surface area contributed by atoms with Gasteiger partial charge in [0.1, 0.15) is 0 Å². The summed E-state index contributed by atoms with van der Waals surface area (Å²) in [5.74, 6) is 0.168. The van der Waals surface area contributed by atoms with Gasteiger partial charge < -0.3 is 10.2 Å².